The Morgan fingerprint density at radius 2 is 2.04 bits per heavy atom. The molecule has 0 spiro atoms. The highest BCUT2D eigenvalue weighted by molar-refractivity contribution is 6.06. The van der Waals surface area contributed by atoms with Gasteiger partial charge >= 0.3 is 0 Å². The van der Waals surface area contributed by atoms with Crippen molar-refractivity contribution < 1.29 is 14.3 Å². The van der Waals surface area contributed by atoms with E-state index >= 15 is 0 Å². The van der Waals surface area contributed by atoms with Crippen LogP contribution in [0.4, 0.5) is 5.69 Å². The van der Waals surface area contributed by atoms with Gasteiger partial charge in [-0.25, -0.2) is 0 Å². The van der Waals surface area contributed by atoms with Gasteiger partial charge in [-0.05, 0) is 25.5 Å². The SMILES string of the molecule is C=CCOc1ccccc1CN1C(=O)[C@H](NC(C)=O)c2cc(C)cc(C)c21. The minimum absolute atomic E-state index is 0.132. The highest BCUT2D eigenvalue weighted by Crippen LogP contribution is 2.40. The number of hydrogen-bond donors (Lipinski definition) is 1. The zero-order chi connectivity index (χ0) is 19.6. The minimum Gasteiger partial charge on any atom is -0.489 e. The Morgan fingerprint density at radius 1 is 1.30 bits per heavy atom. The van der Waals surface area contributed by atoms with Crippen molar-refractivity contribution in [1.29, 1.82) is 0 Å². The number of benzene rings is 2. The first-order valence-corrected chi connectivity index (χ1v) is 8.93. The van der Waals surface area contributed by atoms with Gasteiger partial charge in [-0.1, -0.05) is 48.6 Å². The van der Waals surface area contributed by atoms with Crippen LogP contribution in [0.5, 0.6) is 5.75 Å². The fourth-order valence-corrected chi connectivity index (χ4v) is 3.57. The van der Waals surface area contributed by atoms with E-state index in [9.17, 15) is 9.59 Å². The summed E-state index contributed by atoms with van der Waals surface area (Å²) in [5.41, 5.74) is 4.68. The van der Waals surface area contributed by atoms with E-state index in [4.69, 9.17) is 4.74 Å². The number of fused-ring (bicyclic) bond motifs is 1. The average molecular weight is 364 g/mol. The summed E-state index contributed by atoms with van der Waals surface area (Å²) in [7, 11) is 0. The number of anilines is 1. The molecule has 0 bridgehead atoms. The lowest BCUT2D eigenvalue weighted by Crippen LogP contribution is -2.36. The van der Waals surface area contributed by atoms with Crippen LogP contribution < -0.4 is 15.0 Å². The van der Waals surface area contributed by atoms with Crippen molar-refractivity contribution in [3.05, 3.63) is 71.3 Å². The monoisotopic (exact) mass is 364 g/mol. The lowest BCUT2D eigenvalue weighted by molar-refractivity contribution is -0.126. The Morgan fingerprint density at radius 3 is 2.74 bits per heavy atom. The van der Waals surface area contributed by atoms with Crippen LogP contribution in [0.2, 0.25) is 0 Å². The average Bonchev–Trinajstić information content (AvgIpc) is 2.86. The van der Waals surface area contributed by atoms with E-state index in [0.717, 1.165) is 33.7 Å². The van der Waals surface area contributed by atoms with Crippen molar-refractivity contribution in [3.63, 3.8) is 0 Å². The molecule has 27 heavy (non-hydrogen) atoms. The zero-order valence-corrected chi connectivity index (χ0v) is 15.9. The smallest absolute Gasteiger partial charge is 0.254 e. The third kappa shape index (κ3) is 3.72. The molecule has 0 aliphatic carbocycles. The molecule has 3 rings (SSSR count). The minimum atomic E-state index is -0.655. The second kappa shape index (κ2) is 7.66. The molecule has 1 N–H and O–H groups in total. The van der Waals surface area contributed by atoms with Crippen LogP contribution in [0.3, 0.4) is 0 Å². The number of carbonyl (C=O) groups is 2. The first-order chi connectivity index (χ1) is 12.9. The van der Waals surface area contributed by atoms with Gasteiger partial charge in [-0.2, -0.15) is 0 Å². The predicted molar refractivity (Wildman–Crippen MR) is 106 cm³/mol. The van der Waals surface area contributed by atoms with Gasteiger partial charge < -0.3 is 15.0 Å². The molecular weight excluding hydrogens is 340 g/mol. The largest absolute Gasteiger partial charge is 0.489 e. The van der Waals surface area contributed by atoms with E-state index in [1.54, 1.807) is 11.0 Å². The van der Waals surface area contributed by atoms with Crippen LogP contribution in [-0.2, 0) is 16.1 Å². The molecule has 1 aliphatic heterocycles. The van der Waals surface area contributed by atoms with Crippen molar-refractivity contribution >= 4 is 17.5 Å². The Labute approximate surface area is 159 Å². The standard InChI is InChI=1S/C22H24N2O3/c1-5-10-27-19-9-7-6-8-17(19)13-24-21-15(3)11-14(2)12-18(21)20(22(24)26)23-16(4)25/h5-9,11-12,20H,1,10,13H2,2-4H3,(H,23,25)/t20-/m1/s1. The quantitative estimate of drug-likeness (QED) is 0.797. The zero-order valence-electron chi connectivity index (χ0n) is 15.9. The van der Waals surface area contributed by atoms with Crippen LogP contribution in [-0.4, -0.2) is 18.4 Å². The van der Waals surface area contributed by atoms with Gasteiger partial charge in [0, 0.05) is 18.1 Å². The van der Waals surface area contributed by atoms with Gasteiger partial charge in [-0.3, -0.25) is 9.59 Å². The number of rotatable bonds is 6. The molecule has 5 heteroatoms. The maximum Gasteiger partial charge on any atom is 0.254 e. The Bertz CT molecular complexity index is 904. The highest BCUT2D eigenvalue weighted by atomic mass is 16.5. The molecule has 0 saturated carbocycles. The van der Waals surface area contributed by atoms with E-state index < -0.39 is 6.04 Å². The fraction of sp³-hybridized carbons (Fsp3) is 0.273. The summed E-state index contributed by atoms with van der Waals surface area (Å²) in [6, 6.07) is 11.0. The second-order valence-electron chi connectivity index (χ2n) is 6.78. The maximum atomic E-state index is 13.1. The van der Waals surface area contributed by atoms with E-state index in [2.05, 4.69) is 18.0 Å². The molecule has 0 aromatic heterocycles. The van der Waals surface area contributed by atoms with Crippen LogP contribution in [0.15, 0.2) is 49.1 Å². The molecule has 140 valence electrons. The molecule has 0 unspecified atom stereocenters. The summed E-state index contributed by atoms with van der Waals surface area (Å²) < 4.78 is 5.73. The van der Waals surface area contributed by atoms with Gasteiger partial charge in [0.05, 0.1) is 12.2 Å². The number of amides is 2. The van der Waals surface area contributed by atoms with Crippen molar-refractivity contribution in [3.8, 4) is 5.75 Å². The third-order valence-electron chi connectivity index (χ3n) is 4.57. The number of ether oxygens (including phenoxy) is 1. The van der Waals surface area contributed by atoms with E-state index in [-0.39, 0.29) is 11.8 Å². The van der Waals surface area contributed by atoms with Crippen LogP contribution in [0.1, 0.15) is 35.2 Å². The van der Waals surface area contributed by atoms with Gasteiger partial charge in [0.2, 0.25) is 5.91 Å². The summed E-state index contributed by atoms with van der Waals surface area (Å²) in [4.78, 5) is 26.5. The Balaban J connectivity index is 2.01. The topological polar surface area (TPSA) is 58.6 Å². The molecular formula is C22H24N2O3. The predicted octanol–water partition coefficient (Wildman–Crippen LogP) is 3.59. The Kier molecular flexibility index (Phi) is 5.31. The maximum absolute atomic E-state index is 13.1. The number of hydrogen-bond acceptors (Lipinski definition) is 3. The van der Waals surface area contributed by atoms with Gasteiger partial charge in [0.25, 0.3) is 5.91 Å². The fourth-order valence-electron chi connectivity index (χ4n) is 3.57. The molecule has 2 aromatic rings. The summed E-state index contributed by atoms with van der Waals surface area (Å²) in [5, 5.41) is 2.79. The van der Waals surface area contributed by atoms with Crippen LogP contribution in [0, 0.1) is 13.8 Å². The number of carbonyl (C=O) groups excluding carboxylic acids is 2. The summed E-state index contributed by atoms with van der Waals surface area (Å²) in [6.07, 6.45) is 1.69. The molecule has 2 aromatic carbocycles. The van der Waals surface area contributed by atoms with E-state index in [1.165, 1.54) is 6.92 Å². The van der Waals surface area contributed by atoms with Crippen molar-refractivity contribution in [2.75, 3.05) is 11.5 Å². The first kappa shape index (κ1) is 18.7. The van der Waals surface area contributed by atoms with Crippen molar-refractivity contribution in [2.24, 2.45) is 0 Å². The van der Waals surface area contributed by atoms with E-state index in [0.29, 0.717) is 13.2 Å². The number of nitrogens with one attached hydrogen (secondary N) is 1. The molecule has 0 radical (unpaired) electrons. The Hall–Kier alpha value is -3.08. The molecule has 5 nitrogen and oxygen atoms in total. The van der Waals surface area contributed by atoms with Crippen LogP contribution in [0.25, 0.3) is 0 Å². The summed E-state index contributed by atoms with van der Waals surface area (Å²) >= 11 is 0. The molecule has 1 heterocycles. The first-order valence-electron chi connectivity index (χ1n) is 8.93. The second-order valence-corrected chi connectivity index (χ2v) is 6.78. The highest BCUT2D eigenvalue weighted by Gasteiger charge is 2.39. The number of nitrogens with zero attached hydrogens (tertiary/aromatic N) is 1. The normalized spacial score (nSPS) is 15.4. The number of aryl methyl sites for hydroxylation is 2. The lowest BCUT2D eigenvalue weighted by atomic mass is 10.0. The molecule has 1 atom stereocenters. The van der Waals surface area contributed by atoms with Crippen molar-refractivity contribution in [2.45, 2.75) is 33.4 Å². The van der Waals surface area contributed by atoms with Crippen LogP contribution >= 0.6 is 0 Å². The molecule has 1 aliphatic rings. The van der Waals surface area contributed by atoms with Gasteiger partial charge in [0.15, 0.2) is 0 Å². The van der Waals surface area contributed by atoms with Gasteiger partial charge in [-0.15, -0.1) is 0 Å². The van der Waals surface area contributed by atoms with Crippen molar-refractivity contribution in [1.82, 2.24) is 5.32 Å². The summed E-state index contributed by atoms with van der Waals surface area (Å²) in [5.74, 6) is 0.363. The molecule has 0 saturated heterocycles. The van der Waals surface area contributed by atoms with Gasteiger partial charge in [0.1, 0.15) is 18.4 Å². The van der Waals surface area contributed by atoms with E-state index in [1.807, 2.05) is 44.2 Å². The lowest BCUT2D eigenvalue weighted by Gasteiger charge is -2.21. The third-order valence-corrected chi connectivity index (χ3v) is 4.57. The molecule has 2 amide bonds. The number of para-hydroxylation sites is 1. The molecule has 0 fully saturated rings. The summed E-state index contributed by atoms with van der Waals surface area (Å²) in [6.45, 7) is 9.85.